The van der Waals surface area contributed by atoms with Gasteiger partial charge in [-0.25, -0.2) is 4.79 Å². The van der Waals surface area contributed by atoms with Gasteiger partial charge in [-0.05, 0) is 49.6 Å². The van der Waals surface area contributed by atoms with Crippen molar-refractivity contribution >= 4 is 40.1 Å². The number of carboxylic acid groups (broad SMARTS) is 1. The van der Waals surface area contributed by atoms with Crippen LogP contribution in [0.2, 0.25) is 5.02 Å². The highest BCUT2D eigenvalue weighted by molar-refractivity contribution is 6.34. The van der Waals surface area contributed by atoms with Crippen molar-refractivity contribution in [1.82, 2.24) is 4.57 Å². The number of aryl methyl sites for hydroxylation is 3. The fraction of sp³-hybridized carbons (Fsp3) is 0.273. The zero-order valence-corrected chi connectivity index (χ0v) is 17.6. The third-order valence-electron chi connectivity index (χ3n) is 5.09. The zero-order valence-electron chi connectivity index (χ0n) is 16.8. The number of hydrogen-bond acceptors (Lipinski definition) is 3. The largest absolute Gasteiger partial charge is 0.496 e. The van der Waals surface area contributed by atoms with Crippen LogP contribution in [-0.2, 0) is 13.0 Å². The van der Waals surface area contributed by atoms with E-state index in [2.05, 4.69) is 24.4 Å². The van der Waals surface area contributed by atoms with Gasteiger partial charge < -0.3 is 19.7 Å². The number of methoxy groups -OCH3 is 1. The number of aromatic nitrogens is 1. The minimum atomic E-state index is -1.16. The van der Waals surface area contributed by atoms with E-state index in [0.29, 0.717) is 17.9 Å². The second kappa shape index (κ2) is 8.17. The van der Waals surface area contributed by atoms with Crippen molar-refractivity contribution < 1.29 is 19.4 Å². The van der Waals surface area contributed by atoms with Crippen LogP contribution in [0.15, 0.2) is 30.3 Å². The molecule has 3 rings (SSSR count). The molecule has 6 nitrogen and oxygen atoms in total. The lowest BCUT2D eigenvalue weighted by atomic mass is 10.1. The molecule has 0 aliphatic carbocycles. The average molecular weight is 415 g/mol. The number of carbonyl (C=O) groups is 2. The summed E-state index contributed by atoms with van der Waals surface area (Å²) in [5.74, 6) is -1.35. The van der Waals surface area contributed by atoms with E-state index in [1.165, 1.54) is 24.8 Å². The first-order valence-electron chi connectivity index (χ1n) is 9.36. The molecule has 0 fully saturated rings. The third kappa shape index (κ3) is 3.68. The van der Waals surface area contributed by atoms with Crippen molar-refractivity contribution in [3.63, 3.8) is 0 Å². The Morgan fingerprint density at radius 1 is 1.21 bits per heavy atom. The molecule has 152 valence electrons. The smallest absolute Gasteiger partial charge is 0.339 e. The predicted octanol–water partition coefficient (Wildman–Crippen LogP) is 5.14. The molecule has 2 N–H and O–H groups in total. The summed E-state index contributed by atoms with van der Waals surface area (Å²) in [6.07, 6.45) is 0.916. The summed E-state index contributed by atoms with van der Waals surface area (Å²) in [5, 5.41) is 13.2. The van der Waals surface area contributed by atoms with Gasteiger partial charge in [0, 0.05) is 23.5 Å². The summed E-state index contributed by atoms with van der Waals surface area (Å²) >= 11 is 6.23. The highest BCUT2D eigenvalue weighted by atomic mass is 35.5. The number of benzene rings is 2. The van der Waals surface area contributed by atoms with Crippen molar-refractivity contribution in [1.29, 1.82) is 0 Å². The van der Waals surface area contributed by atoms with Crippen molar-refractivity contribution in [2.45, 2.75) is 33.7 Å². The van der Waals surface area contributed by atoms with Gasteiger partial charge in [0.15, 0.2) is 0 Å². The Morgan fingerprint density at radius 3 is 2.52 bits per heavy atom. The van der Waals surface area contributed by atoms with Gasteiger partial charge in [-0.3, -0.25) is 4.79 Å². The number of nitrogens with one attached hydrogen (secondary N) is 1. The van der Waals surface area contributed by atoms with Crippen LogP contribution >= 0.6 is 11.6 Å². The van der Waals surface area contributed by atoms with Crippen molar-refractivity contribution in [3.8, 4) is 5.75 Å². The normalized spacial score (nSPS) is 10.9. The minimum absolute atomic E-state index is 0.0681. The maximum atomic E-state index is 13.2. The summed E-state index contributed by atoms with van der Waals surface area (Å²) in [4.78, 5) is 24.5. The number of ether oxygens (including phenoxy) is 1. The van der Waals surface area contributed by atoms with Gasteiger partial charge in [-0.2, -0.15) is 0 Å². The van der Waals surface area contributed by atoms with Crippen LogP contribution in [0.25, 0.3) is 10.9 Å². The Bertz CT molecular complexity index is 1120. The van der Waals surface area contributed by atoms with Crippen LogP contribution < -0.4 is 10.1 Å². The van der Waals surface area contributed by atoms with E-state index in [1.54, 1.807) is 0 Å². The number of fused-ring (bicyclic) bond motifs is 1. The van der Waals surface area contributed by atoms with Gasteiger partial charge in [0.1, 0.15) is 17.0 Å². The molecule has 0 unspecified atom stereocenters. The molecular weight excluding hydrogens is 392 g/mol. The highest BCUT2D eigenvalue weighted by Gasteiger charge is 2.22. The molecule has 0 spiro atoms. The number of aromatic carboxylic acids is 1. The van der Waals surface area contributed by atoms with Crippen LogP contribution in [0, 0.1) is 6.92 Å². The third-order valence-corrected chi connectivity index (χ3v) is 5.40. The maximum absolute atomic E-state index is 13.2. The molecule has 0 saturated heterocycles. The topological polar surface area (TPSA) is 80.6 Å². The molecule has 1 amide bonds. The number of nitrogens with zero attached hydrogens (tertiary/aromatic N) is 1. The number of anilines is 1. The number of carbonyl (C=O) groups excluding carboxylic acids is 1. The van der Waals surface area contributed by atoms with E-state index >= 15 is 0 Å². The molecule has 0 radical (unpaired) electrons. The van der Waals surface area contributed by atoms with Crippen molar-refractivity contribution in [2.75, 3.05) is 12.4 Å². The maximum Gasteiger partial charge on any atom is 0.339 e. The molecule has 3 aromatic rings. The van der Waals surface area contributed by atoms with Gasteiger partial charge in [-0.1, -0.05) is 24.6 Å². The standard InChI is InChI=1S/C22H23ClN2O4/c1-5-13-7-8-18-14(9-13)12(3)20(25(18)6-2)21(26)24-17-11-19(29-4)15(22(27)28)10-16(17)23/h7-11H,5-6H2,1-4H3,(H,24,26)(H,27,28). The fourth-order valence-electron chi connectivity index (χ4n) is 3.58. The van der Waals surface area contributed by atoms with Gasteiger partial charge in [0.05, 0.1) is 17.8 Å². The lowest BCUT2D eigenvalue weighted by Crippen LogP contribution is -2.18. The summed E-state index contributed by atoms with van der Waals surface area (Å²) in [6.45, 7) is 6.64. The lowest BCUT2D eigenvalue weighted by Gasteiger charge is -2.13. The molecule has 29 heavy (non-hydrogen) atoms. The van der Waals surface area contributed by atoms with Crippen LogP contribution in [0.5, 0.6) is 5.75 Å². The minimum Gasteiger partial charge on any atom is -0.496 e. The highest BCUT2D eigenvalue weighted by Crippen LogP contribution is 2.33. The van der Waals surface area contributed by atoms with Crippen molar-refractivity contribution in [2.24, 2.45) is 0 Å². The second-order valence-corrected chi connectivity index (χ2v) is 7.12. The second-order valence-electron chi connectivity index (χ2n) is 6.71. The first kappa shape index (κ1) is 20.7. The Labute approximate surface area is 174 Å². The quantitative estimate of drug-likeness (QED) is 0.584. The summed E-state index contributed by atoms with van der Waals surface area (Å²) < 4.78 is 7.10. The van der Waals surface area contributed by atoms with E-state index < -0.39 is 5.97 Å². The monoisotopic (exact) mass is 414 g/mol. The van der Waals surface area contributed by atoms with E-state index in [4.69, 9.17) is 16.3 Å². The van der Waals surface area contributed by atoms with E-state index in [-0.39, 0.29) is 22.2 Å². The Balaban J connectivity index is 2.07. The Morgan fingerprint density at radius 2 is 1.93 bits per heavy atom. The number of halogens is 1. The van der Waals surface area contributed by atoms with Crippen molar-refractivity contribution in [3.05, 3.63) is 57.7 Å². The number of carboxylic acids is 1. The molecule has 0 aliphatic heterocycles. The molecule has 1 heterocycles. The molecule has 7 heteroatoms. The first-order valence-corrected chi connectivity index (χ1v) is 9.74. The molecule has 0 atom stereocenters. The molecule has 0 saturated carbocycles. The van der Waals surface area contributed by atoms with Gasteiger partial charge in [0.25, 0.3) is 5.91 Å². The Kier molecular flexibility index (Phi) is 5.84. The van der Waals surface area contributed by atoms with Crippen LogP contribution in [0.4, 0.5) is 5.69 Å². The molecule has 2 aromatic carbocycles. The predicted molar refractivity (Wildman–Crippen MR) is 115 cm³/mol. The summed E-state index contributed by atoms with van der Waals surface area (Å²) in [6, 6.07) is 8.92. The molecule has 0 aliphatic rings. The number of rotatable bonds is 6. The van der Waals surface area contributed by atoms with E-state index in [0.717, 1.165) is 22.9 Å². The average Bonchev–Trinajstić information content (AvgIpc) is 3.00. The zero-order chi connectivity index (χ0) is 21.3. The molecule has 0 bridgehead atoms. The summed E-state index contributed by atoms with van der Waals surface area (Å²) in [5.41, 5.74) is 3.87. The molecular formula is C22H23ClN2O4. The summed E-state index contributed by atoms with van der Waals surface area (Å²) in [7, 11) is 1.37. The van der Waals surface area contributed by atoms with Gasteiger partial charge >= 0.3 is 5.97 Å². The lowest BCUT2D eigenvalue weighted by molar-refractivity contribution is 0.0693. The van der Waals surface area contributed by atoms with Crippen LogP contribution in [-0.4, -0.2) is 28.7 Å². The Hall–Kier alpha value is -2.99. The SMILES string of the molecule is CCc1ccc2c(c1)c(C)c(C(=O)Nc1cc(OC)c(C(=O)O)cc1Cl)n2CC. The van der Waals surface area contributed by atoms with E-state index in [9.17, 15) is 14.7 Å². The fourth-order valence-corrected chi connectivity index (χ4v) is 3.79. The van der Waals surface area contributed by atoms with Crippen LogP contribution in [0.1, 0.15) is 45.8 Å². The van der Waals surface area contributed by atoms with Gasteiger partial charge in [-0.15, -0.1) is 0 Å². The van der Waals surface area contributed by atoms with Crippen LogP contribution in [0.3, 0.4) is 0 Å². The van der Waals surface area contributed by atoms with Gasteiger partial charge in [0.2, 0.25) is 0 Å². The van der Waals surface area contributed by atoms with E-state index in [1.807, 2.05) is 24.5 Å². The molecule has 1 aromatic heterocycles. The number of amides is 1. The number of hydrogen-bond donors (Lipinski definition) is 2. The first-order chi connectivity index (χ1) is 13.8.